The molecule has 0 aliphatic carbocycles. The summed E-state index contributed by atoms with van der Waals surface area (Å²) in [6, 6.07) is 16.7. The van der Waals surface area contributed by atoms with Crippen molar-refractivity contribution < 1.29 is 35.9 Å². The number of benzene rings is 3. The maximum atomic E-state index is 13.4. The average molecular weight is 614 g/mol. The van der Waals surface area contributed by atoms with Crippen LogP contribution in [-0.4, -0.2) is 53.2 Å². The molecule has 0 fully saturated rings. The van der Waals surface area contributed by atoms with Crippen LogP contribution >= 0.6 is 0 Å². The van der Waals surface area contributed by atoms with Crippen molar-refractivity contribution in [3.05, 3.63) is 78.1 Å². The standard InChI is InChI=1S/C29H31N3O8S2/c1-17(2)26(29(34)35)31-42(38,39)22-15-11-20(12-16-22)19-9-13-21(14-10-19)32(4)28(33)27-18(3)25-23(30-41(5,36)37)7-6-8-24(25)40-27/h6-17,26,30-31H,1-5H3,(H,34,35)/t26-/m1/s1. The number of nitrogens with zero attached hydrogens (tertiary/aromatic N) is 1. The molecule has 3 aromatic carbocycles. The first-order chi connectivity index (χ1) is 19.6. The molecule has 0 bridgehead atoms. The molecular weight excluding hydrogens is 582 g/mol. The second-order valence-corrected chi connectivity index (χ2v) is 13.7. The van der Waals surface area contributed by atoms with Gasteiger partial charge in [-0.15, -0.1) is 0 Å². The summed E-state index contributed by atoms with van der Waals surface area (Å²) in [5, 5.41) is 9.82. The lowest BCUT2D eigenvalue weighted by Gasteiger charge is -2.18. The predicted molar refractivity (Wildman–Crippen MR) is 161 cm³/mol. The molecule has 222 valence electrons. The Morgan fingerprint density at radius 1 is 0.905 bits per heavy atom. The molecule has 42 heavy (non-hydrogen) atoms. The number of fused-ring (bicyclic) bond motifs is 1. The van der Waals surface area contributed by atoms with E-state index in [-0.39, 0.29) is 10.7 Å². The number of carboxylic acid groups (broad SMARTS) is 1. The lowest BCUT2D eigenvalue weighted by atomic mass is 10.1. The van der Waals surface area contributed by atoms with Crippen molar-refractivity contribution in [3.63, 3.8) is 0 Å². The molecule has 1 amide bonds. The molecule has 3 N–H and O–H groups in total. The van der Waals surface area contributed by atoms with Crippen LogP contribution in [0.2, 0.25) is 0 Å². The normalized spacial score (nSPS) is 12.8. The van der Waals surface area contributed by atoms with Crippen LogP contribution in [0.1, 0.15) is 30.0 Å². The second kappa shape index (κ2) is 11.6. The summed E-state index contributed by atoms with van der Waals surface area (Å²) in [7, 11) is -6.00. The number of anilines is 2. The van der Waals surface area contributed by atoms with Gasteiger partial charge < -0.3 is 14.4 Å². The number of sulfonamides is 2. The zero-order valence-electron chi connectivity index (χ0n) is 23.6. The van der Waals surface area contributed by atoms with E-state index in [1.54, 1.807) is 82.4 Å². The quantitative estimate of drug-likeness (QED) is 0.236. The number of carboxylic acids is 1. The Morgan fingerprint density at radius 3 is 2.00 bits per heavy atom. The molecule has 4 aromatic rings. The highest BCUT2D eigenvalue weighted by Crippen LogP contribution is 2.33. The summed E-state index contributed by atoms with van der Waals surface area (Å²) >= 11 is 0. The molecule has 0 aliphatic heterocycles. The SMILES string of the molecule is Cc1c(C(=O)N(C)c2ccc(-c3ccc(S(=O)(=O)N[C@@H](C(=O)O)C(C)C)cc3)cc2)oc2cccc(NS(C)(=O)=O)c12. The highest BCUT2D eigenvalue weighted by molar-refractivity contribution is 7.92. The molecule has 0 radical (unpaired) electrons. The van der Waals surface area contributed by atoms with Gasteiger partial charge in [-0.25, -0.2) is 16.8 Å². The van der Waals surface area contributed by atoms with Gasteiger partial charge in [-0.05, 0) is 60.4 Å². The third kappa shape index (κ3) is 6.48. The number of amides is 1. The number of hydrogen-bond acceptors (Lipinski definition) is 7. The lowest BCUT2D eigenvalue weighted by molar-refractivity contribution is -0.140. The number of nitrogens with one attached hydrogen (secondary N) is 2. The third-order valence-corrected chi connectivity index (χ3v) is 8.76. The Morgan fingerprint density at radius 2 is 1.48 bits per heavy atom. The minimum Gasteiger partial charge on any atom is -0.480 e. The molecule has 0 saturated heterocycles. The van der Waals surface area contributed by atoms with E-state index < -0.39 is 43.9 Å². The van der Waals surface area contributed by atoms with Gasteiger partial charge in [0, 0.05) is 23.7 Å². The third-order valence-electron chi connectivity index (χ3n) is 6.72. The number of carbonyl (C=O) groups is 2. The second-order valence-electron chi connectivity index (χ2n) is 10.2. The number of hydrogen-bond donors (Lipinski definition) is 3. The van der Waals surface area contributed by atoms with E-state index in [2.05, 4.69) is 9.44 Å². The number of furan rings is 1. The van der Waals surface area contributed by atoms with Crippen LogP contribution in [0.15, 0.2) is 76.0 Å². The molecule has 11 nitrogen and oxygen atoms in total. The zero-order chi connectivity index (χ0) is 31.0. The van der Waals surface area contributed by atoms with Gasteiger partial charge in [0.2, 0.25) is 20.0 Å². The number of aryl methyl sites for hydroxylation is 1. The topological polar surface area (TPSA) is 163 Å². The van der Waals surface area contributed by atoms with Crippen molar-refractivity contribution in [1.29, 1.82) is 0 Å². The summed E-state index contributed by atoms with van der Waals surface area (Å²) < 4.78 is 59.5. The van der Waals surface area contributed by atoms with Gasteiger partial charge in [0.25, 0.3) is 5.91 Å². The average Bonchev–Trinajstić information content (AvgIpc) is 3.27. The maximum Gasteiger partial charge on any atom is 0.322 e. The monoisotopic (exact) mass is 613 g/mol. The number of carbonyl (C=O) groups excluding carboxylic acids is 1. The van der Waals surface area contributed by atoms with Crippen LogP contribution in [0, 0.1) is 12.8 Å². The van der Waals surface area contributed by atoms with Gasteiger partial charge >= 0.3 is 5.97 Å². The summed E-state index contributed by atoms with van der Waals surface area (Å²) in [6.07, 6.45) is 1.04. The van der Waals surface area contributed by atoms with Crippen LogP contribution in [0.5, 0.6) is 0 Å². The van der Waals surface area contributed by atoms with E-state index in [9.17, 15) is 31.5 Å². The van der Waals surface area contributed by atoms with Crippen molar-refractivity contribution >= 4 is 54.3 Å². The summed E-state index contributed by atoms with van der Waals surface area (Å²) in [5.74, 6) is -2.04. The van der Waals surface area contributed by atoms with Gasteiger partial charge in [0.05, 0.1) is 16.8 Å². The van der Waals surface area contributed by atoms with Crippen molar-refractivity contribution in [1.82, 2.24) is 4.72 Å². The fourth-order valence-corrected chi connectivity index (χ4v) is 6.38. The van der Waals surface area contributed by atoms with E-state index >= 15 is 0 Å². The van der Waals surface area contributed by atoms with Crippen LogP contribution in [0.3, 0.4) is 0 Å². The van der Waals surface area contributed by atoms with Crippen molar-refractivity contribution in [2.24, 2.45) is 5.92 Å². The Hall–Kier alpha value is -4.20. The Bertz CT molecular complexity index is 1860. The van der Waals surface area contributed by atoms with Crippen molar-refractivity contribution in [2.75, 3.05) is 22.9 Å². The first kappa shape index (κ1) is 30.8. The van der Waals surface area contributed by atoms with Crippen LogP contribution in [-0.2, 0) is 24.8 Å². The van der Waals surface area contributed by atoms with Crippen molar-refractivity contribution in [2.45, 2.75) is 31.7 Å². The minimum atomic E-state index is -4.05. The minimum absolute atomic E-state index is 0.0591. The highest BCUT2D eigenvalue weighted by Gasteiger charge is 2.28. The zero-order valence-corrected chi connectivity index (χ0v) is 25.2. The molecule has 0 saturated carbocycles. The molecular formula is C29H31N3O8S2. The van der Waals surface area contributed by atoms with E-state index in [0.717, 1.165) is 11.8 Å². The Balaban J connectivity index is 1.54. The van der Waals surface area contributed by atoms with Crippen LogP contribution < -0.4 is 14.3 Å². The highest BCUT2D eigenvalue weighted by atomic mass is 32.2. The molecule has 1 heterocycles. The number of rotatable bonds is 10. The largest absolute Gasteiger partial charge is 0.480 e. The summed E-state index contributed by atoms with van der Waals surface area (Å²) in [5.41, 5.74) is 3.23. The molecule has 13 heteroatoms. The van der Waals surface area contributed by atoms with Crippen molar-refractivity contribution in [3.8, 4) is 11.1 Å². The van der Waals surface area contributed by atoms with E-state index in [0.29, 0.717) is 33.5 Å². The molecule has 4 rings (SSSR count). The Labute approximate surface area is 244 Å². The van der Waals surface area contributed by atoms with Gasteiger partial charge in [-0.3, -0.25) is 14.3 Å². The smallest absolute Gasteiger partial charge is 0.322 e. The molecule has 0 spiro atoms. The molecule has 0 unspecified atom stereocenters. The first-order valence-electron chi connectivity index (χ1n) is 12.8. The lowest BCUT2D eigenvalue weighted by Crippen LogP contribution is -2.44. The Kier molecular flexibility index (Phi) is 8.48. The fraction of sp³-hybridized carbons (Fsp3) is 0.241. The molecule has 0 aliphatic rings. The van der Waals surface area contributed by atoms with Gasteiger partial charge in [0.15, 0.2) is 5.76 Å². The van der Waals surface area contributed by atoms with E-state index in [4.69, 9.17) is 4.42 Å². The summed E-state index contributed by atoms with van der Waals surface area (Å²) in [4.78, 5) is 26.1. The van der Waals surface area contributed by atoms with Crippen LogP contribution in [0.25, 0.3) is 22.1 Å². The van der Waals surface area contributed by atoms with Gasteiger partial charge in [0.1, 0.15) is 11.6 Å². The maximum absolute atomic E-state index is 13.4. The number of aliphatic carboxylic acids is 1. The van der Waals surface area contributed by atoms with Crippen LogP contribution in [0.4, 0.5) is 11.4 Å². The predicted octanol–water partition coefficient (Wildman–Crippen LogP) is 4.44. The van der Waals surface area contributed by atoms with Gasteiger partial charge in [-0.1, -0.05) is 44.2 Å². The van der Waals surface area contributed by atoms with Gasteiger partial charge in [-0.2, -0.15) is 4.72 Å². The summed E-state index contributed by atoms with van der Waals surface area (Å²) in [6.45, 7) is 4.92. The first-order valence-corrected chi connectivity index (χ1v) is 16.2. The molecule has 1 aromatic heterocycles. The van der Waals surface area contributed by atoms with E-state index in [1.165, 1.54) is 17.0 Å². The van der Waals surface area contributed by atoms with E-state index in [1.807, 2.05) is 0 Å². The fourth-order valence-electron chi connectivity index (χ4n) is 4.47. The molecule has 1 atom stereocenters.